The third-order valence-corrected chi connectivity index (χ3v) is 3.43. The first kappa shape index (κ1) is 15.0. The Kier molecular flexibility index (Phi) is 5.14. The molecule has 0 radical (unpaired) electrons. The highest BCUT2D eigenvalue weighted by molar-refractivity contribution is 5.89. The van der Waals surface area contributed by atoms with Crippen LogP contribution < -0.4 is 10.6 Å². The Morgan fingerprint density at radius 3 is 2.50 bits per heavy atom. The zero-order valence-corrected chi connectivity index (χ0v) is 11.5. The molecule has 5 heteroatoms. The molecule has 5 nitrogen and oxygen atoms in total. The second kappa shape index (κ2) is 6.18. The van der Waals surface area contributed by atoms with Gasteiger partial charge in [-0.3, -0.25) is 4.79 Å². The van der Waals surface area contributed by atoms with E-state index in [0.29, 0.717) is 6.42 Å². The summed E-state index contributed by atoms with van der Waals surface area (Å²) >= 11 is 0. The molecule has 0 saturated carbocycles. The molecular formula is C13H24N2O3. The lowest BCUT2D eigenvalue weighted by Gasteiger charge is -2.34. The van der Waals surface area contributed by atoms with E-state index >= 15 is 0 Å². The quantitative estimate of drug-likeness (QED) is 0.689. The molecule has 0 aliphatic carbocycles. The van der Waals surface area contributed by atoms with E-state index in [1.54, 1.807) is 0 Å². The van der Waals surface area contributed by atoms with Crippen LogP contribution in [0.1, 0.15) is 46.5 Å². The number of carbonyl (C=O) groups excluding carboxylic acids is 1. The van der Waals surface area contributed by atoms with Crippen LogP contribution in [0.3, 0.4) is 0 Å². The number of rotatable bonds is 5. The second-order valence-electron chi connectivity index (χ2n) is 5.71. The van der Waals surface area contributed by atoms with Crippen LogP contribution in [0.15, 0.2) is 0 Å². The van der Waals surface area contributed by atoms with Crippen LogP contribution >= 0.6 is 0 Å². The maximum atomic E-state index is 12.2. The molecule has 1 rings (SSSR count). The van der Waals surface area contributed by atoms with E-state index in [9.17, 15) is 9.59 Å². The molecule has 1 heterocycles. The minimum Gasteiger partial charge on any atom is -0.480 e. The largest absolute Gasteiger partial charge is 0.480 e. The molecule has 2 atom stereocenters. The molecule has 1 aliphatic rings. The summed E-state index contributed by atoms with van der Waals surface area (Å²) in [5.74, 6) is -0.926. The monoisotopic (exact) mass is 256 g/mol. The van der Waals surface area contributed by atoms with Gasteiger partial charge in [0.05, 0.1) is 5.54 Å². The highest BCUT2D eigenvalue weighted by Gasteiger charge is 2.36. The van der Waals surface area contributed by atoms with Crippen molar-refractivity contribution >= 4 is 11.9 Å². The molecular weight excluding hydrogens is 232 g/mol. The highest BCUT2D eigenvalue weighted by Crippen LogP contribution is 2.19. The van der Waals surface area contributed by atoms with E-state index < -0.39 is 17.6 Å². The minimum atomic E-state index is -0.962. The van der Waals surface area contributed by atoms with E-state index in [4.69, 9.17) is 5.11 Å². The Hall–Kier alpha value is -1.10. The Morgan fingerprint density at radius 2 is 2.06 bits per heavy atom. The van der Waals surface area contributed by atoms with Crippen molar-refractivity contribution in [3.8, 4) is 0 Å². The molecule has 1 aliphatic heterocycles. The summed E-state index contributed by atoms with van der Waals surface area (Å²) in [6, 6.07) is -0.793. The zero-order valence-electron chi connectivity index (χ0n) is 11.5. The van der Waals surface area contributed by atoms with Crippen LogP contribution in [-0.4, -0.2) is 35.1 Å². The average Bonchev–Trinajstić information content (AvgIpc) is 2.28. The van der Waals surface area contributed by atoms with Crippen molar-refractivity contribution in [2.75, 3.05) is 6.54 Å². The lowest BCUT2D eigenvalue weighted by atomic mass is 9.89. The highest BCUT2D eigenvalue weighted by atomic mass is 16.4. The predicted octanol–water partition coefficient (Wildman–Crippen LogP) is 1.13. The lowest BCUT2D eigenvalue weighted by Crippen LogP contribution is -2.59. The molecule has 0 spiro atoms. The van der Waals surface area contributed by atoms with Crippen LogP contribution in [-0.2, 0) is 9.59 Å². The number of hydrogen-bond donors (Lipinski definition) is 3. The van der Waals surface area contributed by atoms with Crippen molar-refractivity contribution in [3.63, 3.8) is 0 Å². The second-order valence-corrected chi connectivity index (χ2v) is 5.71. The maximum Gasteiger partial charge on any atom is 0.326 e. The first-order valence-corrected chi connectivity index (χ1v) is 6.64. The van der Waals surface area contributed by atoms with Crippen LogP contribution in [0.2, 0.25) is 0 Å². The summed E-state index contributed by atoms with van der Waals surface area (Å²) in [4.78, 5) is 23.3. The van der Waals surface area contributed by atoms with Crippen LogP contribution in [0.4, 0.5) is 0 Å². The molecule has 1 fully saturated rings. The molecule has 0 aromatic carbocycles. The third kappa shape index (κ3) is 3.98. The number of nitrogens with one attached hydrogen (secondary N) is 2. The molecule has 18 heavy (non-hydrogen) atoms. The SMILES string of the molecule is CC(C)CC(NC(=O)C1(C)CCCCN1)C(=O)O. The number of carbonyl (C=O) groups is 2. The smallest absolute Gasteiger partial charge is 0.326 e. The average molecular weight is 256 g/mol. The van der Waals surface area contributed by atoms with E-state index in [-0.39, 0.29) is 11.8 Å². The first-order chi connectivity index (χ1) is 8.35. The number of amides is 1. The van der Waals surface area contributed by atoms with Crippen molar-refractivity contribution in [2.24, 2.45) is 5.92 Å². The van der Waals surface area contributed by atoms with Gasteiger partial charge in [0, 0.05) is 0 Å². The topological polar surface area (TPSA) is 78.4 Å². The molecule has 0 aromatic rings. The first-order valence-electron chi connectivity index (χ1n) is 6.64. The van der Waals surface area contributed by atoms with Crippen LogP contribution in [0.25, 0.3) is 0 Å². The van der Waals surface area contributed by atoms with Gasteiger partial charge in [-0.05, 0) is 45.1 Å². The number of piperidine rings is 1. The molecule has 104 valence electrons. The fourth-order valence-electron chi connectivity index (χ4n) is 2.26. The lowest BCUT2D eigenvalue weighted by molar-refractivity contribution is -0.143. The number of aliphatic carboxylic acids is 1. The minimum absolute atomic E-state index is 0.199. The molecule has 0 aromatic heterocycles. The van der Waals surface area contributed by atoms with Gasteiger partial charge >= 0.3 is 5.97 Å². The fourth-order valence-corrected chi connectivity index (χ4v) is 2.26. The van der Waals surface area contributed by atoms with Gasteiger partial charge in [0.2, 0.25) is 5.91 Å². The van der Waals surface area contributed by atoms with E-state index in [1.807, 2.05) is 20.8 Å². The van der Waals surface area contributed by atoms with Gasteiger partial charge in [0.25, 0.3) is 0 Å². The Bertz CT molecular complexity index is 309. The van der Waals surface area contributed by atoms with Crippen LogP contribution in [0, 0.1) is 5.92 Å². The fraction of sp³-hybridized carbons (Fsp3) is 0.846. The number of carboxylic acid groups (broad SMARTS) is 1. The van der Waals surface area contributed by atoms with Crippen molar-refractivity contribution in [2.45, 2.75) is 58.0 Å². The summed E-state index contributed by atoms with van der Waals surface area (Å²) in [5.41, 5.74) is -0.622. The summed E-state index contributed by atoms with van der Waals surface area (Å²) in [6.45, 7) is 6.55. The summed E-state index contributed by atoms with van der Waals surface area (Å²) in [6.07, 6.45) is 3.28. The van der Waals surface area contributed by atoms with Gasteiger partial charge in [0.15, 0.2) is 0 Å². The Balaban J connectivity index is 2.62. The van der Waals surface area contributed by atoms with Gasteiger partial charge < -0.3 is 15.7 Å². The van der Waals surface area contributed by atoms with Crippen LogP contribution in [0.5, 0.6) is 0 Å². The van der Waals surface area contributed by atoms with E-state index in [0.717, 1.165) is 25.8 Å². The summed E-state index contributed by atoms with van der Waals surface area (Å²) < 4.78 is 0. The van der Waals surface area contributed by atoms with E-state index in [1.165, 1.54) is 0 Å². The van der Waals surface area contributed by atoms with Crippen molar-refractivity contribution < 1.29 is 14.7 Å². The Morgan fingerprint density at radius 1 is 1.39 bits per heavy atom. The Labute approximate surface area is 108 Å². The molecule has 1 amide bonds. The van der Waals surface area contributed by atoms with Gasteiger partial charge in [-0.15, -0.1) is 0 Å². The third-order valence-electron chi connectivity index (χ3n) is 3.43. The summed E-state index contributed by atoms with van der Waals surface area (Å²) in [5, 5.41) is 15.0. The van der Waals surface area contributed by atoms with Crippen molar-refractivity contribution in [1.82, 2.24) is 10.6 Å². The van der Waals surface area contributed by atoms with Gasteiger partial charge in [-0.25, -0.2) is 4.79 Å². The molecule has 1 saturated heterocycles. The summed E-state index contributed by atoms with van der Waals surface area (Å²) in [7, 11) is 0. The zero-order chi connectivity index (χ0) is 13.8. The standard InChI is InChI=1S/C13H24N2O3/c1-9(2)8-10(11(16)17)15-12(18)13(3)6-4-5-7-14-13/h9-10,14H,4-8H2,1-3H3,(H,15,18)(H,16,17). The number of hydrogen-bond acceptors (Lipinski definition) is 3. The molecule has 3 N–H and O–H groups in total. The maximum absolute atomic E-state index is 12.2. The predicted molar refractivity (Wildman–Crippen MR) is 69.3 cm³/mol. The van der Waals surface area contributed by atoms with Gasteiger partial charge in [-0.2, -0.15) is 0 Å². The van der Waals surface area contributed by atoms with Gasteiger partial charge in [0.1, 0.15) is 6.04 Å². The molecule has 0 bridgehead atoms. The van der Waals surface area contributed by atoms with Crippen molar-refractivity contribution in [1.29, 1.82) is 0 Å². The van der Waals surface area contributed by atoms with Gasteiger partial charge in [-0.1, -0.05) is 13.8 Å². The molecule has 2 unspecified atom stereocenters. The van der Waals surface area contributed by atoms with Crippen molar-refractivity contribution in [3.05, 3.63) is 0 Å². The van der Waals surface area contributed by atoms with E-state index in [2.05, 4.69) is 10.6 Å². The normalized spacial score (nSPS) is 25.8. The number of carboxylic acids is 1.